The van der Waals surface area contributed by atoms with Gasteiger partial charge in [-0.05, 0) is 0 Å². The number of aromatic nitrogens is 1. The van der Waals surface area contributed by atoms with Gasteiger partial charge in [-0.2, -0.15) is 0 Å². The van der Waals surface area contributed by atoms with E-state index < -0.39 is 21.1 Å². The first-order valence-corrected chi connectivity index (χ1v) is 10.6. The van der Waals surface area contributed by atoms with Crippen LogP contribution in [0, 0.1) is 0 Å². The molecule has 0 fully saturated rings. The third-order valence-corrected chi connectivity index (χ3v) is 6.94. The van der Waals surface area contributed by atoms with Crippen molar-refractivity contribution < 1.29 is 5.11 Å². The van der Waals surface area contributed by atoms with Crippen molar-refractivity contribution in [1.29, 1.82) is 0 Å². The molecule has 3 aromatic rings. The maximum atomic E-state index is 9.22. The first-order valence-electron chi connectivity index (χ1n) is 5.76. The molecule has 0 aliphatic carbocycles. The van der Waals surface area contributed by atoms with Gasteiger partial charge in [-0.15, -0.1) is 0 Å². The van der Waals surface area contributed by atoms with Gasteiger partial charge in [0.2, 0.25) is 0 Å². The van der Waals surface area contributed by atoms with Crippen LogP contribution >= 0.6 is 0 Å². The summed E-state index contributed by atoms with van der Waals surface area (Å²) < 4.78 is 1.75. The van der Waals surface area contributed by atoms with Gasteiger partial charge in [-0.1, -0.05) is 0 Å². The number of hydrogen-bond acceptors (Lipinski definition) is 2. The molecule has 1 aromatic heterocycles. The van der Waals surface area contributed by atoms with E-state index in [0.29, 0.717) is 4.62 Å². The van der Waals surface area contributed by atoms with E-state index in [1.54, 1.807) is 0 Å². The Bertz CT molecular complexity index is 681. The number of pyridine rings is 1. The van der Waals surface area contributed by atoms with Crippen LogP contribution in [0.2, 0.25) is 0 Å². The van der Waals surface area contributed by atoms with Crippen molar-refractivity contribution in [3.05, 3.63) is 48.7 Å². The van der Waals surface area contributed by atoms with Crippen LogP contribution in [0.15, 0.2) is 48.7 Å². The molecule has 0 saturated heterocycles. The van der Waals surface area contributed by atoms with Crippen molar-refractivity contribution in [2.24, 2.45) is 0 Å². The number of hydrogen-bond donors (Lipinski definition) is 1. The second-order valence-corrected chi connectivity index (χ2v) is 9.01. The normalized spacial score (nSPS) is 11.8. The topological polar surface area (TPSA) is 33.1 Å². The monoisotopic (exact) mass is 331 g/mol. The fourth-order valence-electron chi connectivity index (χ4n) is 2.31. The first-order chi connectivity index (χ1) is 8.40. The van der Waals surface area contributed by atoms with Gasteiger partial charge in [0.25, 0.3) is 0 Å². The van der Waals surface area contributed by atoms with Crippen LogP contribution in [0.1, 0.15) is 0 Å². The van der Waals surface area contributed by atoms with Gasteiger partial charge >= 0.3 is 110 Å². The molecule has 1 heterocycles. The summed E-state index contributed by atoms with van der Waals surface area (Å²) in [7, 11) is 0. The summed E-state index contributed by atoms with van der Waals surface area (Å²) in [5.74, 6) is 0. The molecular formula is C14H13NOSn. The molecule has 0 unspecified atom stereocenters. The SMILES string of the molecule is O[CH2][SnH2][c]1cccc2ncc3ccccc3c12. The molecule has 2 nitrogen and oxygen atoms in total. The number of benzene rings is 2. The number of rotatable bonds is 2. The quantitative estimate of drug-likeness (QED) is 0.565. The molecule has 3 rings (SSSR count). The molecule has 2 aromatic carbocycles. The van der Waals surface area contributed by atoms with Crippen molar-refractivity contribution in [1.82, 2.24) is 4.98 Å². The van der Waals surface area contributed by atoms with Crippen LogP contribution in [-0.4, -0.2) is 35.9 Å². The fraction of sp³-hybridized carbons (Fsp3) is 0.0714. The van der Waals surface area contributed by atoms with Crippen LogP contribution in [-0.2, 0) is 0 Å². The fourth-order valence-corrected chi connectivity index (χ4v) is 5.64. The predicted octanol–water partition coefficient (Wildman–Crippen LogP) is 1.13. The summed E-state index contributed by atoms with van der Waals surface area (Å²) in [6, 6.07) is 14.6. The molecule has 84 valence electrons. The van der Waals surface area contributed by atoms with Crippen molar-refractivity contribution in [3.8, 4) is 0 Å². The third kappa shape index (κ3) is 1.91. The second kappa shape index (κ2) is 4.62. The van der Waals surface area contributed by atoms with Crippen molar-refractivity contribution in [3.63, 3.8) is 0 Å². The van der Waals surface area contributed by atoms with Gasteiger partial charge in [-0.3, -0.25) is 0 Å². The Hall–Kier alpha value is -1.13. The molecule has 0 bridgehead atoms. The molecule has 3 heteroatoms. The summed E-state index contributed by atoms with van der Waals surface area (Å²) in [6.07, 6.45) is 1.93. The minimum atomic E-state index is -1.25. The molecule has 1 N–H and O–H groups in total. The van der Waals surface area contributed by atoms with Crippen LogP contribution in [0.3, 0.4) is 0 Å². The average molecular weight is 330 g/mol. The van der Waals surface area contributed by atoms with E-state index in [1.807, 2.05) is 18.3 Å². The molecule has 0 saturated carbocycles. The Morgan fingerprint density at radius 1 is 1.06 bits per heavy atom. The number of nitrogens with zero attached hydrogens (tertiary/aromatic N) is 1. The van der Waals surface area contributed by atoms with Gasteiger partial charge in [0, 0.05) is 0 Å². The van der Waals surface area contributed by atoms with Crippen LogP contribution in [0.4, 0.5) is 0 Å². The molecule has 0 aliphatic heterocycles. The number of aliphatic hydroxyl groups is 1. The van der Waals surface area contributed by atoms with Crippen molar-refractivity contribution in [2.75, 3.05) is 4.62 Å². The summed E-state index contributed by atoms with van der Waals surface area (Å²) in [5.41, 5.74) is 1.05. The average Bonchev–Trinajstić information content (AvgIpc) is 2.39. The van der Waals surface area contributed by atoms with E-state index >= 15 is 0 Å². The standard InChI is InChI=1S/C13H8N.CH3O.Sn.2H/c1-2-6-11-10(5-1)9-14-13-8-4-3-7-12(11)13;1-2;;;/h1-6,8-9H;2H,1H2;;;. The summed E-state index contributed by atoms with van der Waals surface area (Å²) in [4.78, 5) is 4.50. The maximum absolute atomic E-state index is 9.22. The molecule has 0 aliphatic rings. The van der Waals surface area contributed by atoms with Gasteiger partial charge in [0.15, 0.2) is 0 Å². The Labute approximate surface area is 110 Å². The summed E-state index contributed by atoms with van der Waals surface area (Å²) in [5, 5.41) is 12.9. The summed E-state index contributed by atoms with van der Waals surface area (Å²) in [6.45, 7) is 0. The van der Waals surface area contributed by atoms with E-state index in [9.17, 15) is 5.11 Å². The van der Waals surface area contributed by atoms with Crippen LogP contribution in [0.5, 0.6) is 0 Å². The second-order valence-electron chi connectivity index (χ2n) is 4.13. The molecule has 17 heavy (non-hydrogen) atoms. The van der Waals surface area contributed by atoms with Crippen molar-refractivity contribution in [2.45, 2.75) is 0 Å². The Morgan fingerprint density at radius 2 is 1.94 bits per heavy atom. The van der Waals surface area contributed by atoms with Gasteiger partial charge < -0.3 is 0 Å². The van der Waals surface area contributed by atoms with E-state index in [1.165, 1.54) is 19.7 Å². The number of aliphatic hydroxyl groups excluding tert-OH is 1. The van der Waals surface area contributed by atoms with Crippen molar-refractivity contribution >= 4 is 46.4 Å². The zero-order valence-corrected chi connectivity index (χ0v) is 13.5. The third-order valence-electron chi connectivity index (χ3n) is 3.08. The minimum absolute atomic E-state index is 0.379. The predicted molar refractivity (Wildman–Crippen MR) is 74.5 cm³/mol. The van der Waals surface area contributed by atoms with E-state index in [0.717, 1.165) is 5.52 Å². The summed E-state index contributed by atoms with van der Waals surface area (Å²) >= 11 is -1.25. The molecule has 0 amide bonds. The molecular weight excluding hydrogens is 317 g/mol. The zero-order valence-electron chi connectivity index (χ0n) is 9.43. The number of fused-ring (bicyclic) bond motifs is 3. The Morgan fingerprint density at radius 3 is 2.82 bits per heavy atom. The van der Waals surface area contributed by atoms with Crippen LogP contribution in [0.25, 0.3) is 21.7 Å². The van der Waals surface area contributed by atoms with E-state index in [-0.39, 0.29) is 0 Å². The molecule has 0 spiro atoms. The first kappa shape index (κ1) is 11.0. The van der Waals surface area contributed by atoms with Gasteiger partial charge in [0.1, 0.15) is 0 Å². The zero-order chi connectivity index (χ0) is 11.7. The van der Waals surface area contributed by atoms with Gasteiger partial charge in [-0.25, -0.2) is 0 Å². The Kier molecular flexibility index (Phi) is 2.99. The Balaban J connectivity index is 2.45. The van der Waals surface area contributed by atoms with E-state index in [4.69, 9.17) is 0 Å². The van der Waals surface area contributed by atoms with Gasteiger partial charge in [0.05, 0.1) is 0 Å². The van der Waals surface area contributed by atoms with E-state index in [2.05, 4.69) is 35.3 Å². The molecule has 0 atom stereocenters. The van der Waals surface area contributed by atoms with Crippen LogP contribution < -0.4 is 3.58 Å². The molecule has 0 radical (unpaired) electrons.